The Morgan fingerprint density at radius 3 is 2.33 bits per heavy atom. The first kappa shape index (κ1) is 15.9. The lowest BCUT2D eigenvalue weighted by atomic mass is 10.2. The van der Waals surface area contributed by atoms with E-state index in [1.165, 1.54) is 24.4 Å². The van der Waals surface area contributed by atoms with Crippen molar-refractivity contribution >= 4 is 15.8 Å². The molecule has 2 heterocycles. The SMILES string of the molecule is CS(=O)(=O)c1ccc(-n2cc(-c3ccc(C(=O)O)cn3)cn2)cc1. The second-order valence-electron chi connectivity index (χ2n) is 5.18. The average Bonchev–Trinajstić information content (AvgIpc) is 3.04. The van der Waals surface area contributed by atoms with Gasteiger partial charge in [-0.05, 0) is 36.4 Å². The normalized spacial score (nSPS) is 11.4. The van der Waals surface area contributed by atoms with Crippen molar-refractivity contribution < 1.29 is 18.3 Å². The lowest BCUT2D eigenvalue weighted by Gasteiger charge is -2.03. The van der Waals surface area contributed by atoms with Gasteiger partial charge in [0.25, 0.3) is 0 Å². The number of carboxylic acid groups (broad SMARTS) is 1. The summed E-state index contributed by atoms with van der Waals surface area (Å²) >= 11 is 0. The van der Waals surface area contributed by atoms with E-state index in [2.05, 4.69) is 10.1 Å². The maximum absolute atomic E-state index is 11.5. The Morgan fingerprint density at radius 2 is 1.79 bits per heavy atom. The van der Waals surface area contributed by atoms with Crippen molar-refractivity contribution in [3.63, 3.8) is 0 Å². The number of pyridine rings is 1. The molecular weight excluding hydrogens is 330 g/mol. The standard InChI is InChI=1S/C16H13N3O4S/c1-24(22,23)14-5-3-13(4-6-14)19-10-12(9-18-19)15-7-2-11(8-17-15)16(20)21/h2-10H,1H3,(H,20,21). The molecule has 0 spiro atoms. The second kappa shape index (κ2) is 5.89. The monoisotopic (exact) mass is 343 g/mol. The molecule has 1 N–H and O–H groups in total. The Hall–Kier alpha value is -3.00. The Morgan fingerprint density at radius 1 is 1.08 bits per heavy atom. The van der Waals surface area contributed by atoms with Crippen LogP contribution in [0.4, 0.5) is 0 Å². The zero-order valence-corrected chi connectivity index (χ0v) is 13.4. The van der Waals surface area contributed by atoms with Crippen molar-refractivity contribution in [2.24, 2.45) is 0 Å². The Bertz CT molecular complexity index is 991. The van der Waals surface area contributed by atoms with E-state index in [0.717, 1.165) is 11.8 Å². The van der Waals surface area contributed by atoms with Gasteiger partial charge in [0.2, 0.25) is 0 Å². The predicted octanol–water partition coefficient (Wildman–Crippen LogP) is 2.04. The van der Waals surface area contributed by atoms with E-state index < -0.39 is 15.8 Å². The molecule has 2 aromatic heterocycles. The first-order chi connectivity index (χ1) is 11.3. The van der Waals surface area contributed by atoms with Crippen LogP contribution in [-0.2, 0) is 9.84 Å². The third kappa shape index (κ3) is 3.18. The molecule has 0 atom stereocenters. The molecule has 0 fully saturated rings. The Balaban J connectivity index is 1.89. The van der Waals surface area contributed by atoms with Crippen molar-refractivity contribution in [3.05, 3.63) is 60.6 Å². The van der Waals surface area contributed by atoms with Gasteiger partial charge in [-0.25, -0.2) is 17.9 Å². The molecule has 0 aliphatic heterocycles. The van der Waals surface area contributed by atoms with Gasteiger partial charge in [-0.1, -0.05) is 0 Å². The van der Waals surface area contributed by atoms with Gasteiger partial charge in [-0.15, -0.1) is 0 Å². The Kier molecular flexibility index (Phi) is 3.90. The summed E-state index contributed by atoms with van der Waals surface area (Å²) in [4.78, 5) is 15.2. The van der Waals surface area contributed by atoms with Crippen molar-refractivity contribution in [1.82, 2.24) is 14.8 Å². The molecule has 0 radical (unpaired) electrons. The average molecular weight is 343 g/mol. The number of rotatable bonds is 4. The van der Waals surface area contributed by atoms with Crippen molar-refractivity contribution in [2.45, 2.75) is 4.90 Å². The molecule has 122 valence electrons. The molecule has 0 saturated carbocycles. The highest BCUT2D eigenvalue weighted by Gasteiger charge is 2.09. The van der Waals surface area contributed by atoms with E-state index >= 15 is 0 Å². The van der Waals surface area contributed by atoms with E-state index in [-0.39, 0.29) is 10.5 Å². The van der Waals surface area contributed by atoms with Gasteiger partial charge < -0.3 is 5.11 Å². The van der Waals surface area contributed by atoms with Crippen LogP contribution in [0.1, 0.15) is 10.4 Å². The maximum atomic E-state index is 11.5. The van der Waals surface area contributed by atoms with Crippen LogP contribution in [-0.4, -0.2) is 40.5 Å². The molecule has 3 aromatic rings. The minimum atomic E-state index is -3.24. The Labute approximate surface area is 138 Å². The van der Waals surface area contributed by atoms with Gasteiger partial charge in [0, 0.05) is 24.2 Å². The summed E-state index contributed by atoms with van der Waals surface area (Å²) in [5.74, 6) is -1.03. The molecule has 7 nitrogen and oxygen atoms in total. The molecule has 0 aliphatic rings. The number of benzene rings is 1. The van der Waals surface area contributed by atoms with Crippen LogP contribution in [0.2, 0.25) is 0 Å². The number of hydrogen-bond acceptors (Lipinski definition) is 5. The maximum Gasteiger partial charge on any atom is 0.337 e. The van der Waals surface area contributed by atoms with E-state index in [0.29, 0.717) is 11.4 Å². The minimum Gasteiger partial charge on any atom is -0.478 e. The molecule has 8 heteroatoms. The third-order valence-electron chi connectivity index (χ3n) is 3.42. The third-order valence-corrected chi connectivity index (χ3v) is 4.55. The molecular formula is C16H13N3O4S. The van der Waals surface area contributed by atoms with Crippen LogP contribution in [0.25, 0.3) is 16.9 Å². The summed E-state index contributed by atoms with van der Waals surface area (Å²) in [5.41, 5.74) is 2.14. The fraction of sp³-hybridized carbons (Fsp3) is 0.0625. The summed E-state index contributed by atoms with van der Waals surface area (Å²) in [5, 5.41) is 13.1. The number of hydrogen-bond donors (Lipinski definition) is 1. The zero-order valence-electron chi connectivity index (χ0n) is 12.6. The van der Waals surface area contributed by atoms with Gasteiger partial charge in [-0.3, -0.25) is 4.98 Å². The van der Waals surface area contributed by atoms with Crippen molar-refractivity contribution in [3.8, 4) is 16.9 Å². The number of nitrogens with zero attached hydrogens (tertiary/aromatic N) is 3. The summed E-state index contributed by atoms with van der Waals surface area (Å²) in [6.45, 7) is 0. The fourth-order valence-electron chi connectivity index (χ4n) is 2.13. The van der Waals surface area contributed by atoms with Crippen LogP contribution < -0.4 is 0 Å². The summed E-state index contributed by atoms with van der Waals surface area (Å²) < 4.78 is 24.5. The summed E-state index contributed by atoms with van der Waals surface area (Å²) in [6.07, 6.45) is 5.78. The zero-order chi connectivity index (χ0) is 17.3. The first-order valence-electron chi connectivity index (χ1n) is 6.89. The smallest absolute Gasteiger partial charge is 0.337 e. The molecule has 0 amide bonds. The van der Waals surface area contributed by atoms with Gasteiger partial charge in [-0.2, -0.15) is 5.10 Å². The van der Waals surface area contributed by atoms with Crippen LogP contribution in [0.3, 0.4) is 0 Å². The van der Waals surface area contributed by atoms with Gasteiger partial charge in [0.15, 0.2) is 9.84 Å². The van der Waals surface area contributed by atoms with Gasteiger partial charge in [0.1, 0.15) is 0 Å². The molecule has 0 saturated heterocycles. The molecule has 0 bridgehead atoms. The summed E-state index contributed by atoms with van der Waals surface area (Å²) in [6, 6.07) is 9.44. The summed E-state index contributed by atoms with van der Waals surface area (Å²) in [7, 11) is -3.24. The number of sulfone groups is 1. The first-order valence-corrected chi connectivity index (χ1v) is 8.78. The molecule has 0 aliphatic carbocycles. The van der Waals surface area contributed by atoms with E-state index in [4.69, 9.17) is 5.11 Å². The lowest BCUT2D eigenvalue weighted by Crippen LogP contribution is -1.99. The van der Waals surface area contributed by atoms with Gasteiger partial charge in [0.05, 0.1) is 28.0 Å². The van der Waals surface area contributed by atoms with Crippen LogP contribution in [0.15, 0.2) is 59.9 Å². The topological polar surface area (TPSA) is 102 Å². The van der Waals surface area contributed by atoms with Gasteiger partial charge >= 0.3 is 5.97 Å². The van der Waals surface area contributed by atoms with Crippen LogP contribution >= 0.6 is 0 Å². The highest BCUT2D eigenvalue weighted by molar-refractivity contribution is 7.90. The number of carboxylic acids is 1. The van der Waals surface area contributed by atoms with Crippen LogP contribution in [0.5, 0.6) is 0 Å². The fourth-order valence-corrected chi connectivity index (χ4v) is 2.76. The van der Waals surface area contributed by atoms with E-state index in [9.17, 15) is 13.2 Å². The number of aromatic carboxylic acids is 1. The number of carbonyl (C=O) groups is 1. The predicted molar refractivity (Wildman–Crippen MR) is 86.9 cm³/mol. The molecule has 1 aromatic carbocycles. The largest absolute Gasteiger partial charge is 0.478 e. The van der Waals surface area contributed by atoms with E-state index in [1.54, 1.807) is 35.3 Å². The van der Waals surface area contributed by atoms with Crippen LogP contribution in [0, 0.1) is 0 Å². The quantitative estimate of drug-likeness (QED) is 0.778. The van der Waals surface area contributed by atoms with E-state index in [1.807, 2.05) is 0 Å². The van der Waals surface area contributed by atoms with Crippen molar-refractivity contribution in [2.75, 3.05) is 6.26 Å². The lowest BCUT2D eigenvalue weighted by molar-refractivity contribution is 0.0696. The number of aromatic nitrogens is 3. The highest BCUT2D eigenvalue weighted by Crippen LogP contribution is 2.19. The minimum absolute atomic E-state index is 0.113. The molecule has 0 unspecified atom stereocenters. The second-order valence-corrected chi connectivity index (χ2v) is 7.19. The molecule has 3 rings (SSSR count). The molecule has 24 heavy (non-hydrogen) atoms. The van der Waals surface area contributed by atoms with Crippen molar-refractivity contribution in [1.29, 1.82) is 0 Å². The highest BCUT2D eigenvalue weighted by atomic mass is 32.2.